The number of hydrogen-bond donors (Lipinski definition) is 1. The molecule has 0 spiro atoms. The van der Waals surface area contributed by atoms with Crippen molar-refractivity contribution in [3.8, 4) is 0 Å². The maximum atomic E-state index is 11.5. The number of ether oxygens (including phenoxy) is 1. The van der Waals surface area contributed by atoms with Crippen molar-refractivity contribution < 1.29 is 14.3 Å². The fraction of sp³-hybridized carbons (Fsp3) is 0.364. The lowest BCUT2D eigenvalue weighted by Crippen LogP contribution is -2.27. The molecule has 1 heterocycles. The number of rotatable bonds is 2. The van der Waals surface area contributed by atoms with Crippen LogP contribution in [0.15, 0.2) is 0 Å². The lowest BCUT2D eigenvalue weighted by molar-refractivity contribution is 0.0636. The van der Waals surface area contributed by atoms with E-state index in [1.54, 1.807) is 20.8 Å². The van der Waals surface area contributed by atoms with E-state index in [0.29, 0.717) is 6.29 Å². The number of aldehydes is 1. The average molecular weight is 255 g/mol. The van der Waals surface area contributed by atoms with Gasteiger partial charge in [0.05, 0.1) is 5.56 Å². The van der Waals surface area contributed by atoms with Crippen LogP contribution in [0.4, 0.5) is 10.5 Å². The molecular weight excluding hydrogens is 244 g/mol. The highest BCUT2D eigenvalue weighted by Gasteiger charge is 2.18. The molecule has 0 aromatic carbocycles. The number of amides is 1. The van der Waals surface area contributed by atoms with E-state index >= 15 is 0 Å². The monoisotopic (exact) mass is 254 g/mol. The van der Waals surface area contributed by atoms with Crippen LogP contribution in [0.25, 0.3) is 0 Å². The molecule has 6 heteroatoms. The highest BCUT2D eigenvalue weighted by Crippen LogP contribution is 2.18. The van der Waals surface area contributed by atoms with Gasteiger partial charge in [-0.25, -0.2) is 4.79 Å². The summed E-state index contributed by atoms with van der Waals surface area (Å²) in [5.41, 5.74) is -0.503. The van der Waals surface area contributed by atoms with Crippen molar-refractivity contribution in [2.45, 2.75) is 26.4 Å². The summed E-state index contributed by atoms with van der Waals surface area (Å²) in [7, 11) is 0. The van der Waals surface area contributed by atoms with Gasteiger partial charge in [0, 0.05) is 6.20 Å². The quantitative estimate of drug-likeness (QED) is 0.824. The fourth-order valence-corrected chi connectivity index (χ4v) is 1.16. The van der Waals surface area contributed by atoms with Crippen LogP contribution in [0.1, 0.15) is 31.1 Å². The number of nitrogens with one attached hydrogen (secondary N) is 1. The van der Waals surface area contributed by atoms with Gasteiger partial charge in [0.15, 0.2) is 11.4 Å². The second kappa shape index (κ2) is 5.02. The molecule has 1 aromatic heterocycles. The van der Waals surface area contributed by atoms with Crippen molar-refractivity contribution in [3.63, 3.8) is 0 Å². The molecule has 1 aromatic rings. The molecule has 0 unspecified atom stereocenters. The zero-order valence-electron chi connectivity index (χ0n) is 9.63. The van der Waals surface area contributed by atoms with Crippen LogP contribution < -0.4 is 5.32 Å². The Morgan fingerprint density at radius 2 is 2.18 bits per heavy atom. The molecule has 0 aliphatic rings. The van der Waals surface area contributed by atoms with Gasteiger partial charge in [0.1, 0.15) is 11.3 Å². The Labute approximate surface area is 104 Å². The molecule has 1 rings (SSSR count). The topological polar surface area (TPSA) is 68.3 Å². The largest absolute Gasteiger partial charge is 0.444 e. The summed E-state index contributed by atoms with van der Waals surface area (Å²) in [6.07, 6.45) is 2.11. The van der Waals surface area contributed by atoms with E-state index in [-0.39, 0.29) is 16.4 Å². The number of aromatic nitrogens is 1. The van der Waals surface area contributed by atoms with Crippen LogP contribution >= 0.6 is 11.6 Å². The fourth-order valence-electron chi connectivity index (χ4n) is 0.975. The number of anilines is 1. The Balaban J connectivity index is 2.85. The van der Waals surface area contributed by atoms with Crippen LogP contribution in [0.3, 0.4) is 0 Å². The average Bonchev–Trinajstić information content (AvgIpc) is 2.14. The molecule has 90 valence electrons. The maximum Gasteiger partial charge on any atom is 0.412 e. The predicted molar refractivity (Wildman–Crippen MR) is 62.2 cm³/mol. The summed E-state index contributed by atoms with van der Waals surface area (Å²) in [5.74, 6) is 0. The Morgan fingerprint density at radius 1 is 1.53 bits per heavy atom. The highest BCUT2D eigenvalue weighted by molar-refractivity contribution is 6.32. The number of hydrogen-bond acceptors (Lipinski definition) is 4. The number of nitrogens with zero attached hydrogens (tertiary/aromatic N) is 1. The molecule has 0 atom stereocenters. The van der Waals surface area contributed by atoms with Crippen molar-refractivity contribution in [1.29, 1.82) is 0 Å². The molecule has 1 N–H and O–H groups in total. The van der Waals surface area contributed by atoms with Crippen LogP contribution in [0.5, 0.6) is 0 Å². The summed E-state index contributed by atoms with van der Waals surface area (Å²) >= 11 is 5.66. The minimum Gasteiger partial charge on any atom is -0.444 e. The van der Waals surface area contributed by atoms with E-state index < -0.39 is 11.7 Å². The third-order valence-corrected chi connectivity index (χ3v) is 1.86. The van der Waals surface area contributed by atoms with E-state index in [1.807, 2.05) is 0 Å². The van der Waals surface area contributed by atoms with Crippen LogP contribution in [0.2, 0.25) is 5.15 Å². The minimum absolute atomic E-state index is 0.0382. The van der Waals surface area contributed by atoms with Gasteiger partial charge in [-0.15, -0.1) is 0 Å². The first kappa shape index (κ1) is 13.3. The van der Waals surface area contributed by atoms with Crippen molar-refractivity contribution in [3.05, 3.63) is 23.0 Å². The second-order valence-electron chi connectivity index (χ2n) is 4.17. The first-order chi connectivity index (χ1) is 7.83. The van der Waals surface area contributed by atoms with E-state index in [1.165, 1.54) is 0 Å². The third kappa shape index (κ3) is 3.93. The molecule has 17 heavy (non-hydrogen) atoms. The van der Waals surface area contributed by atoms with Gasteiger partial charge in [0.25, 0.3) is 0 Å². The van der Waals surface area contributed by atoms with Crippen molar-refractivity contribution in [2.24, 2.45) is 0 Å². The molecule has 0 saturated heterocycles. The van der Waals surface area contributed by atoms with Crippen molar-refractivity contribution in [1.82, 2.24) is 4.98 Å². The van der Waals surface area contributed by atoms with Gasteiger partial charge in [-0.2, -0.15) is 4.98 Å². The highest BCUT2D eigenvalue weighted by atomic mass is 35.5. The Morgan fingerprint density at radius 3 is 2.71 bits per heavy atom. The van der Waals surface area contributed by atoms with Crippen LogP contribution in [0, 0.1) is 12.3 Å². The van der Waals surface area contributed by atoms with E-state index in [2.05, 4.69) is 22.6 Å². The van der Waals surface area contributed by atoms with Gasteiger partial charge in [-0.05, 0) is 26.8 Å². The van der Waals surface area contributed by atoms with Gasteiger partial charge in [-0.1, -0.05) is 11.6 Å². The zero-order valence-corrected chi connectivity index (χ0v) is 10.4. The smallest absolute Gasteiger partial charge is 0.412 e. The molecule has 0 aliphatic carbocycles. The normalized spacial score (nSPS) is 10.4. The summed E-state index contributed by atoms with van der Waals surface area (Å²) < 4.78 is 5.02. The Bertz CT molecular complexity index is 441. The number of carbonyl (C=O) groups is 2. The maximum absolute atomic E-state index is 11.5. The molecular formula is C11H11ClN2O3. The van der Waals surface area contributed by atoms with Crippen molar-refractivity contribution in [2.75, 3.05) is 5.32 Å². The van der Waals surface area contributed by atoms with Crippen LogP contribution in [-0.2, 0) is 4.74 Å². The summed E-state index contributed by atoms with van der Waals surface area (Å²) in [6.45, 7) is 5.17. The second-order valence-corrected chi connectivity index (χ2v) is 4.53. The summed E-state index contributed by atoms with van der Waals surface area (Å²) in [4.78, 5) is 25.8. The van der Waals surface area contributed by atoms with E-state index in [0.717, 1.165) is 0 Å². The summed E-state index contributed by atoms with van der Waals surface area (Å²) in [6, 6.07) is 2.48. The molecule has 1 amide bonds. The predicted octanol–water partition coefficient (Wildman–Crippen LogP) is 2.49. The standard InChI is InChI=1S/C11H11ClN2O3/c1-11(2,3)17-10(16)14-8-4-5-13-9(12)7(8)6-15/h6H,1-3H3,(H,14,16). The number of carbonyl (C=O) groups excluding carboxylic acids is 2. The minimum atomic E-state index is -0.701. The molecule has 0 bridgehead atoms. The first-order valence-corrected chi connectivity index (χ1v) is 5.15. The van der Waals surface area contributed by atoms with Gasteiger partial charge in [0.2, 0.25) is 0 Å². The molecule has 0 fully saturated rings. The lowest BCUT2D eigenvalue weighted by atomic mass is 10.2. The van der Waals surface area contributed by atoms with E-state index in [4.69, 9.17) is 16.3 Å². The Kier molecular flexibility index (Phi) is 3.92. The van der Waals surface area contributed by atoms with Gasteiger partial charge >= 0.3 is 6.09 Å². The third-order valence-electron chi connectivity index (χ3n) is 1.57. The van der Waals surface area contributed by atoms with Crippen LogP contribution in [-0.4, -0.2) is 23.0 Å². The lowest BCUT2D eigenvalue weighted by Gasteiger charge is -2.19. The molecule has 5 nitrogen and oxygen atoms in total. The number of halogens is 1. The first-order valence-electron chi connectivity index (χ1n) is 4.77. The van der Waals surface area contributed by atoms with Gasteiger partial charge in [-0.3, -0.25) is 10.1 Å². The SMILES string of the molecule is CC(C)(C)OC(=O)Nc1c#cnc(Cl)c1C=O. The van der Waals surface area contributed by atoms with E-state index in [9.17, 15) is 9.59 Å². The molecule has 0 saturated carbocycles. The van der Waals surface area contributed by atoms with Crippen molar-refractivity contribution >= 4 is 29.7 Å². The molecule has 0 radical (unpaired) electrons. The molecule has 0 aliphatic heterocycles. The summed E-state index contributed by atoms with van der Waals surface area (Å²) in [5, 5.41) is 2.30. The van der Waals surface area contributed by atoms with Gasteiger partial charge < -0.3 is 4.74 Å². The Hall–Kier alpha value is -1.80. The zero-order chi connectivity index (χ0) is 13.1.